The van der Waals surface area contributed by atoms with E-state index in [9.17, 15) is 30.3 Å². The number of carbonyl (C=O) groups excluding carboxylic acids is 1. The van der Waals surface area contributed by atoms with Crippen molar-refractivity contribution in [3.05, 3.63) is 72.9 Å². The molecule has 7 atom stereocenters. The van der Waals surface area contributed by atoms with E-state index < -0.39 is 49.5 Å². The Kier molecular flexibility index (Phi) is 40.5. The first-order chi connectivity index (χ1) is 30.8. The second-order valence-electron chi connectivity index (χ2n) is 17.6. The van der Waals surface area contributed by atoms with Gasteiger partial charge in [-0.05, 0) is 64.2 Å². The number of aliphatic hydroxyl groups excluding tert-OH is 5. The molecule has 0 saturated carbocycles. The van der Waals surface area contributed by atoms with E-state index >= 15 is 0 Å². The highest BCUT2D eigenvalue weighted by Gasteiger charge is 2.44. The maximum absolute atomic E-state index is 13.0. The second kappa shape index (κ2) is 43.5. The zero-order valence-electron chi connectivity index (χ0n) is 40.1. The molecule has 1 saturated heterocycles. The molecule has 364 valence electrons. The lowest BCUT2D eigenvalue weighted by Crippen LogP contribution is -2.60. The molecule has 1 amide bonds. The summed E-state index contributed by atoms with van der Waals surface area (Å²) in [7, 11) is 0. The number of hydrogen-bond acceptors (Lipinski definition) is 8. The Bertz CT molecular complexity index is 1210. The fraction of sp³-hybridized carbons (Fsp3) is 0.759. The number of nitrogens with one attached hydrogen (secondary N) is 1. The molecule has 6 N–H and O–H groups in total. The van der Waals surface area contributed by atoms with Crippen LogP contribution in [0.3, 0.4) is 0 Å². The lowest BCUT2D eigenvalue weighted by molar-refractivity contribution is -0.302. The summed E-state index contributed by atoms with van der Waals surface area (Å²) in [4.78, 5) is 13.0. The normalized spacial score (nSPS) is 20.8. The van der Waals surface area contributed by atoms with Gasteiger partial charge in [-0.1, -0.05) is 209 Å². The topological polar surface area (TPSA) is 149 Å². The quantitative estimate of drug-likeness (QED) is 0.0262. The summed E-state index contributed by atoms with van der Waals surface area (Å²) in [6.07, 6.45) is 52.2. The summed E-state index contributed by atoms with van der Waals surface area (Å²) >= 11 is 0. The first-order valence-corrected chi connectivity index (χ1v) is 25.7. The predicted octanol–water partition coefficient (Wildman–Crippen LogP) is 11.7. The summed E-state index contributed by atoms with van der Waals surface area (Å²) < 4.78 is 11.2. The van der Waals surface area contributed by atoms with Gasteiger partial charge in [0.15, 0.2) is 6.29 Å². The zero-order chi connectivity index (χ0) is 45.9. The molecule has 0 aliphatic carbocycles. The minimum atomic E-state index is -1.57. The van der Waals surface area contributed by atoms with E-state index in [1.807, 2.05) is 6.08 Å². The van der Waals surface area contributed by atoms with Crippen LogP contribution >= 0.6 is 0 Å². The van der Waals surface area contributed by atoms with Crippen molar-refractivity contribution in [2.45, 2.75) is 249 Å². The Morgan fingerprint density at radius 1 is 0.556 bits per heavy atom. The molecule has 1 aliphatic heterocycles. The lowest BCUT2D eigenvalue weighted by Gasteiger charge is -2.40. The third kappa shape index (κ3) is 33.7. The molecule has 9 nitrogen and oxygen atoms in total. The molecular formula is C54H95NO8. The molecule has 1 heterocycles. The number of amides is 1. The molecule has 63 heavy (non-hydrogen) atoms. The molecule has 0 aromatic heterocycles. The minimum absolute atomic E-state index is 0.190. The molecule has 0 aromatic rings. The molecule has 0 radical (unpaired) electrons. The van der Waals surface area contributed by atoms with E-state index in [-0.39, 0.29) is 12.5 Å². The Labute approximate surface area is 385 Å². The molecule has 7 unspecified atom stereocenters. The van der Waals surface area contributed by atoms with Gasteiger partial charge in [0.2, 0.25) is 5.91 Å². The maximum Gasteiger partial charge on any atom is 0.220 e. The third-order valence-corrected chi connectivity index (χ3v) is 11.8. The van der Waals surface area contributed by atoms with Crippen LogP contribution in [0.25, 0.3) is 0 Å². The molecule has 0 aromatic carbocycles. The summed E-state index contributed by atoms with van der Waals surface area (Å²) in [5.74, 6) is -0.190. The minimum Gasteiger partial charge on any atom is -0.394 e. The molecule has 0 spiro atoms. The van der Waals surface area contributed by atoms with Crippen LogP contribution < -0.4 is 5.32 Å². The highest BCUT2D eigenvalue weighted by atomic mass is 16.7. The van der Waals surface area contributed by atoms with Crippen molar-refractivity contribution in [3.63, 3.8) is 0 Å². The van der Waals surface area contributed by atoms with Crippen molar-refractivity contribution in [2.24, 2.45) is 0 Å². The van der Waals surface area contributed by atoms with Crippen LogP contribution in [0.2, 0.25) is 0 Å². The van der Waals surface area contributed by atoms with Crippen molar-refractivity contribution >= 4 is 5.91 Å². The zero-order valence-corrected chi connectivity index (χ0v) is 40.1. The van der Waals surface area contributed by atoms with Gasteiger partial charge in [0.05, 0.1) is 25.4 Å². The maximum atomic E-state index is 13.0. The number of ether oxygens (including phenoxy) is 2. The van der Waals surface area contributed by atoms with Gasteiger partial charge < -0.3 is 40.3 Å². The second-order valence-corrected chi connectivity index (χ2v) is 17.6. The SMILES string of the molecule is CC/C=C\C/C=C\C/C=C\C/C=C\C/C=C\CCCCCCCCCC(=O)NC(COC1OC(CO)C(O)C(O)C1O)C(O)/C=C/CCCCCCCCCCCCCCCCC. The summed E-state index contributed by atoms with van der Waals surface area (Å²) in [5.41, 5.74) is 0. The van der Waals surface area contributed by atoms with E-state index in [4.69, 9.17) is 9.47 Å². The van der Waals surface area contributed by atoms with E-state index in [0.29, 0.717) is 6.42 Å². The average molecular weight is 886 g/mol. The van der Waals surface area contributed by atoms with E-state index in [0.717, 1.165) is 83.5 Å². The Balaban J connectivity index is 2.31. The smallest absolute Gasteiger partial charge is 0.220 e. The number of allylic oxidation sites excluding steroid dienone is 11. The molecule has 1 rings (SSSR count). The van der Waals surface area contributed by atoms with Gasteiger partial charge in [-0.2, -0.15) is 0 Å². The molecular weight excluding hydrogens is 791 g/mol. The predicted molar refractivity (Wildman–Crippen MR) is 262 cm³/mol. The van der Waals surface area contributed by atoms with Crippen LogP contribution in [0.5, 0.6) is 0 Å². The van der Waals surface area contributed by atoms with Crippen LogP contribution in [0.15, 0.2) is 72.9 Å². The fourth-order valence-electron chi connectivity index (χ4n) is 7.71. The van der Waals surface area contributed by atoms with Gasteiger partial charge in [0, 0.05) is 6.42 Å². The Hall–Kier alpha value is -2.37. The number of carbonyl (C=O) groups is 1. The van der Waals surface area contributed by atoms with Crippen molar-refractivity contribution in [1.82, 2.24) is 5.32 Å². The van der Waals surface area contributed by atoms with Gasteiger partial charge >= 0.3 is 0 Å². The summed E-state index contributed by atoms with van der Waals surface area (Å²) in [5, 5.41) is 54.4. The third-order valence-electron chi connectivity index (χ3n) is 11.8. The summed E-state index contributed by atoms with van der Waals surface area (Å²) in [6, 6.07) is -0.815. The molecule has 9 heteroatoms. The Morgan fingerprint density at radius 2 is 0.984 bits per heavy atom. The first kappa shape index (κ1) is 58.6. The Morgan fingerprint density at radius 3 is 1.46 bits per heavy atom. The van der Waals surface area contributed by atoms with E-state index in [2.05, 4.69) is 79.9 Å². The van der Waals surface area contributed by atoms with Gasteiger partial charge in [-0.15, -0.1) is 0 Å². The fourth-order valence-corrected chi connectivity index (χ4v) is 7.71. The molecule has 1 fully saturated rings. The standard InChI is InChI=1S/C54H95NO8/c1-3-5-7-9-11-13-15-17-19-21-22-23-24-25-26-28-30-32-34-36-38-40-42-44-50(58)55-47(46-62-54-53(61)52(60)51(59)49(45-56)63-54)48(57)43-41-39-37-35-33-31-29-27-20-18-16-14-12-10-8-6-4-2/h5,7,11,13,17,19,22-23,25-26,41,43,47-49,51-54,56-57,59-61H,3-4,6,8-10,12,14-16,18,20-21,24,27-40,42,44-46H2,1-2H3,(H,55,58)/b7-5-,13-11-,19-17-,23-22-,26-25-,43-41+. The van der Waals surface area contributed by atoms with E-state index in [1.54, 1.807) is 6.08 Å². The average Bonchev–Trinajstić information content (AvgIpc) is 3.28. The first-order valence-electron chi connectivity index (χ1n) is 25.7. The van der Waals surface area contributed by atoms with Crippen LogP contribution in [-0.2, 0) is 14.3 Å². The largest absolute Gasteiger partial charge is 0.394 e. The monoisotopic (exact) mass is 886 g/mol. The van der Waals surface area contributed by atoms with Crippen LogP contribution in [0, 0.1) is 0 Å². The number of rotatable bonds is 42. The van der Waals surface area contributed by atoms with Gasteiger partial charge in [0.25, 0.3) is 0 Å². The number of aliphatic hydroxyl groups is 5. The van der Waals surface area contributed by atoms with Crippen molar-refractivity contribution < 1.29 is 39.8 Å². The van der Waals surface area contributed by atoms with Crippen LogP contribution in [0.4, 0.5) is 0 Å². The number of hydrogen-bond donors (Lipinski definition) is 6. The van der Waals surface area contributed by atoms with Crippen molar-refractivity contribution in [3.8, 4) is 0 Å². The van der Waals surface area contributed by atoms with E-state index in [1.165, 1.54) is 103 Å². The van der Waals surface area contributed by atoms with Crippen LogP contribution in [-0.4, -0.2) is 87.5 Å². The van der Waals surface area contributed by atoms with Crippen molar-refractivity contribution in [1.29, 1.82) is 0 Å². The van der Waals surface area contributed by atoms with Gasteiger partial charge in [0.1, 0.15) is 24.4 Å². The van der Waals surface area contributed by atoms with Gasteiger partial charge in [-0.3, -0.25) is 4.79 Å². The highest BCUT2D eigenvalue weighted by molar-refractivity contribution is 5.76. The van der Waals surface area contributed by atoms with Crippen molar-refractivity contribution in [2.75, 3.05) is 13.2 Å². The number of unbranched alkanes of at least 4 members (excludes halogenated alkanes) is 22. The highest BCUT2D eigenvalue weighted by Crippen LogP contribution is 2.23. The molecule has 1 aliphatic rings. The van der Waals surface area contributed by atoms with Crippen LogP contribution in [0.1, 0.15) is 206 Å². The summed E-state index contributed by atoms with van der Waals surface area (Å²) in [6.45, 7) is 3.65. The molecule has 0 bridgehead atoms. The van der Waals surface area contributed by atoms with Gasteiger partial charge in [-0.25, -0.2) is 0 Å². The lowest BCUT2D eigenvalue weighted by atomic mass is 9.99.